The van der Waals surface area contributed by atoms with Crippen molar-refractivity contribution in [1.29, 1.82) is 0 Å². The molecule has 4 rings (SSSR count). The maximum Gasteiger partial charge on any atom is 0.112 e. The summed E-state index contributed by atoms with van der Waals surface area (Å²) >= 11 is 0. The van der Waals surface area contributed by atoms with E-state index in [1.807, 2.05) is 31.5 Å². The molecular formula is C17H17N5. The van der Waals surface area contributed by atoms with Gasteiger partial charge in [0.1, 0.15) is 5.52 Å². The predicted molar refractivity (Wildman–Crippen MR) is 88.7 cm³/mol. The highest BCUT2D eigenvalue weighted by atomic mass is 15.2. The maximum absolute atomic E-state index is 6.18. The first kappa shape index (κ1) is 13.0. The zero-order chi connectivity index (χ0) is 15.1. The Bertz CT molecular complexity index is 855. The quantitative estimate of drug-likeness (QED) is 0.786. The molecule has 0 spiro atoms. The summed E-state index contributed by atoms with van der Waals surface area (Å²) in [4.78, 5) is 15.7. The zero-order valence-electron chi connectivity index (χ0n) is 12.5. The van der Waals surface area contributed by atoms with E-state index in [0.717, 1.165) is 46.6 Å². The van der Waals surface area contributed by atoms with Gasteiger partial charge in [0, 0.05) is 31.0 Å². The molecule has 5 nitrogen and oxygen atoms in total. The Hall–Kier alpha value is -2.69. The number of hydrogen-bond acceptors (Lipinski definition) is 5. The van der Waals surface area contributed by atoms with Gasteiger partial charge in [0.15, 0.2) is 0 Å². The SMILES string of the molecule is Cc1ccncc1-c1cc(N)c2ncc(N3CCC3)cc2n1. The molecule has 2 N–H and O–H groups in total. The first-order chi connectivity index (χ1) is 10.7. The summed E-state index contributed by atoms with van der Waals surface area (Å²) in [5, 5.41) is 0. The number of anilines is 2. The molecule has 0 aliphatic carbocycles. The Labute approximate surface area is 128 Å². The summed E-state index contributed by atoms with van der Waals surface area (Å²) in [6, 6.07) is 5.93. The second kappa shape index (κ2) is 4.94. The van der Waals surface area contributed by atoms with Gasteiger partial charge in [0.05, 0.1) is 28.8 Å². The lowest BCUT2D eigenvalue weighted by molar-refractivity contribution is 0.617. The Morgan fingerprint density at radius 1 is 1.18 bits per heavy atom. The van der Waals surface area contributed by atoms with Gasteiger partial charge >= 0.3 is 0 Å². The second-order valence-electron chi connectivity index (χ2n) is 5.69. The van der Waals surface area contributed by atoms with E-state index in [1.165, 1.54) is 6.42 Å². The van der Waals surface area contributed by atoms with Crippen molar-refractivity contribution in [3.63, 3.8) is 0 Å². The van der Waals surface area contributed by atoms with Crippen molar-refractivity contribution in [3.05, 3.63) is 42.4 Å². The van der Waals surface area contributed by atoms with Crippen LogP contribution in [0.4, 0.5) is 11.4 Å². The normalized spacial score (nSPS) is 14.1. The van der Waals surface area contributed by atoms with Gasteiger partial charge in [-0.1, -0.05) is 0 Å². The van der Waals surface area contributed by atoms with Crippen LogP contribution in [0.15, 0.2) is 36.8 Å². The van der Waals surface area contributed by atoms with E-state index in [9.17, 15) is 0 Å². The van der Waals surface area contributed by atoms with Crippen LogP contribution in [0.3, 0.4) is 0 Å². The Morgan fingerprint density at radius 3 is 2.77 bits per heavy atom. The van der Waals surface area contributed by atoms with E-state index in [2.05, 4.69) is 20.9 Å². The molecular weight excluding hydrogens is 274 g/mol. The van der Waals surface area contributed by atoms with E-state index in [0.29, 0.717) is 5.69 Å². The standard InChI is InChI=1S/C17H17N5/c1-11-3-4-19-10-13(11)15-8-14(18)17-16(21-15)7-12(9-20-17)22-5-2-6-22/h3-4,7-10H,2,5-6H2,1H3,(H2,18,21). The van der Waals surface area contributed by atoms with Crippen molar-refractivity contribution in [2.45, 2.75) is 13.3 Å². The van der Waals surface area contributed by atoms with Gasteiger partial charge < -0.3 is 10.6 Å². The number of rotatable bonds is 2. The number of aryl methyl sites for hydroxylation is 1. The van der Waals surface area contributed by atoms with Crippen molar-refractivity contribution in [1.82, 2.24) is 15.0 Å². The summed E-state index contributed by atoms with van der Waals surface area (Å²) in [5.41, 5.74) is 12.5. The fourth-order valence-electron chi connectivity index (χ4n) is 2.75. The molecule has 1 saturated heterocycles. The van der Waals surface area contributed by atoms with Gasteiger partial charge in [0.25, 0.3) is 0 Å². The highest BCUT2D eigenvalue weighted by Gasteiger charge is 2.16. The van der Waals surface area contributed by atoms with Gasteiger partial charge in [-0.3, -0.25) is 9.97 Å². The molecule has 0 amide bonds. The molecule has 0 aromatic carbocycles. The van der Waals surface area contributed by atoms with Gasteiger partial charge in [-0.15, -0.1) is 0 Å². The maximum atomic E-state index is 6.18. The number of pyridine rings is 3. The first-order valence-corrected chi connectivity index (χ1v) is 7.44. The fourth-order valence-corrected chi connectivity index (χ4v) is 2.75. The van der Waals surface area contributed by atoms with Gasteiger partial charge in [-0.05, 0) is 37.1 Å². The number of aromatic nitrogens is 3. The summed E-state index contributed by atoms with van der Waals surface area (Å²) < 4.78 is 0. The summed E-state index contributed by atoms with van der Waals surface area (Å²) in [7, 11) is 0. The molecule has 1 aliphatic rings. The Balaban J connectivity index is 1.88. The topological polar surface area (TPSA) is 67.9 Å². The highest BCUT2D eigenvalue weighted by Crippen LogP contribution is 2.29. The van der Waals surface area contributed by atoms with E-state index < -0.39 is 0 Å². The van der Waals surface area contributed by atoms with Gasteiger partial charge in [-0.2, -0.15) is 0 Å². The van der Waals surface area contributed by atoms with Crippen LogP contribution in [0.2, 0.25) is 0 Å². The Morgan fingerprint density at radius 2 is 2.05 bits per heavy atom. The average molecular weight is 291 g/mol. The van der Waals surface area contributed by atoms with Crippen LogP contribution in [0.1, 0.15) is 12.0 Å². The van der Waals surface area contributed by atoms with E-state index >= 15 is 0 Å². The predicted octanol–water partition coefficient (Wildman–Crippen LogP) is 2.79. The number of fused-ring (bicyclic) bond motifs is 1. The highest BCUT2D eigenvalue weighted by molar-refractivity contribution is 5.91. The summed E-state index contributed by atoms with van der Waals surface area (Å²) in [6.45, 7) is 4.22. The molecule has 5 heteroatoms. The smallest absolute Gasteiger partial charge is 0.112 e. The van der Waals surface area contributed by atoms with Crippen LogP contribution in [0.5, 0.6) is 0 Å². The number of nitrogens with two attached hydrogens (primary N) is 1. The zero-order valence-corrected chi connectivity index (χ0v) is 12.5. The third kappa shape index (κ3) is 2.06. The summed E-state index contributed by atoms with van der Waals surface area (Å²) in [6.07, 6.45) is 6.74. The third-order valence-electron chi connectivity index (χ3n) is 4.20. The molecule has 0 unspecified atom stereocenters. The molecule has 0 atom stereocenters. The van der Waals surface area contributed by atoms with Crippen molar-refractivity contribution >= 4 is 22.4 Å². The minimum Gasteiger partial charge on any atom is -0.397 e. The van der Waals surface area contributed by atoms with Crippen molar-refractivity contribution in [3.8, 4) is 11.3 Å². The van der Waals surface area contributed by atoms with Crippen LogP contribution in [-0.4, -0.2) is 28.0 Å². The van der Waals surface area contributed by atoms with Crippen molar-refractivity contribution < 1.29 is 0 Å². The third-order valence-corrected chi connectivity index (χ3v) is 4.20. The van der Waals surface area contributed by atoms with E-state index in [-0.39, 0.29) is 0 Å². The van der Waals surface area contributed by atoms with E-state index in [1.54, 1.807) is 6.20 Å². The van der Waals surface area contributed by atoms with Gasteiger partial charge in [-0.25, -0.2) is 4.98 Å². The van der Waals surface area contributed by atoms with Crippen LogP contribution in [-0.2, 0) is 0 Å². The lowest BCUT2D eigenvalue weighted by atomic mass is 10.1. The molecule has 0 radical (unpaired) electrons. The van der Waals surface area contributed by atoms with Crippen molar-refractivity contribution in [2.24, 2.45) is 0 Å². The molecule has 110 valence electrons. The van der Waals surface area contributed by atoms with Crippen LogP contribution < -0.4 is 10.6 Å². The fraction of sp³-hybridized carbons (Fsp3) is 0.235. The average Bonchev–Trinajstić information content (AvgIpc) is 2.45. The molecule has 1 fully saturated rings. The lowest BCUT2D eigenvalue weighted by Crippen LogP contribution is -2.37. The minimum absolute atomic E-state index is 0.651. The van der Waals surface area contributed by atoms with Crippen molar-refractivity contribution in [2.75, 3.05) is 23.7 Å². The van der Waals surface area contributed by atoms with Crippen LogP contribution in [0.25, 0.3) is 22.3 Å². The molecule has 0 saturated carbocycles. The number of hydrogen-bond donors (Lipinski definition) is 1. The molecule has 22 heavy (non-hydrogen) atoms. The second-order valence-corrected chi connectivity index (χ2v) is 5.69. The molecule has 4 heterocycles. The summed E-state index contributed by atoms with van der Waals surface area (Å²) in [5.74, 6) is 0. The monoisotopic (exact) mass is 291 g/mol. The molecule has 3 aromatic heterocycles. The first-order valence-electron chi connectivity index (χ1n) is 7.44. The van der Waals surface area contributed by atoms with E-state index in [4.69, 9.17) is 10.7 Å². The number of nitrogen functional groups attached to an aromatic ring is 1. The Kier molecular flexibility index (Phi) is 2.92. The molecule has 1 aliphatic heterocycles. The molecule has 0 bridgehead atoms. The lowest BCUT2D eigenvalue weighted by Gasteiger charge is -2.32. The van der Waals surface area contributed by atoms with Gasteiger partial charge in [0.2, 0.25) is 0 Å². The largest absolute Gasteiger partial charge is 0.397 e. The molecule has 3 aromatic rings. The minimum atomic E-state index is 0.651. The van der Waals surface area contributed by atoms with Crippen LogP contribution >= 0.6 is 0 Å². The number of nitrogens with zero attached hydrogens (tertiary/aromatic N) is 4. The van der Waals surface area contributed by atoms with Crippen LogP contribution in [0, 0.1) is 6.92 Å².